The molecule has 0 saturated heterocycles. The summed E-state index contributed by atoms with van der Waals surface area (Å²) in [7, 11) is -2.54. The Bertz CT molecular complexity index is 1120. The highest BCUT2D eigenvalue weighted by Crippen LogP contribution is 2.36. The van der Waals surface area contributed by atoms with E-state index in [-0.39, 0.29) is 22.8 Å². The Balaban J connectivity index is 1.93. The first-order chi connectivity index (χ1) is 14.6. The largest absolute Gasteiger partial charge is 0.495 e. The summed E-state index contributed by atoms with van der Waals surface area (Å²) in [5.74, 6) is 0.322. The van der Waals surface area contributed by atoms with E-state index in [0.29, 0.717) is 24.7 Å². The van der Waals surface area contributed by atoms with Gasteiger partial charge in [-0.1, -0.05) is 0 Å². The van der Waals surface area contributed by atoms with Gasteiger partial charge < -0.3 is 19.5 Å². The van der Waals surface area contributed by atoms with Crippen molar-refractivity contribution < 1.29 is 32.3 Å². The molecule has 1 heterocycles. The molecular weight excluding hydrogens is 430 g/mol. The molecule has 0 fully saturated rings. The van der Waals surface area contributed by atoms with Crippen LogP contribution in [0.4, 0.5) is 17.1 Å². The first-order valence-electron chi connectivity index (χ1n) is 9.14. The summed E-state index contributed by atoms with van der Waals surface area (Å²) in [6.45, 7) is 2.10. The molecule has 1 amide bonds. The number of sulfonamides is 1. The molecular formula is C19H21N3O8S. The Labute approximate surface area is 178 Å². The van der Waals surface area contributed by atoms with E-state index in [0.717, 1.165) is 16.6 Å². The molecule has 2 aromatic carbocycles. The van der Waals surface area contributed by atoms with Crippen molar-refractivity contribution in [2.24, 2.45) is 0 Å². The number of fused-ring (bicyclic) bond motifs is 1. The van der Waals surface area contributed by atoms with Crippen molar-refractivity contribution >= 4 is 33.0 Å². The van der Waals surface area contributed by atoms with Crippen LogP contribution in [0.2, 0.25) is 0 Å². The Morgan fingerprint density at radius 3 is 2.48 bits per heavy atom. The summed E-state index contributed by atoms with van der Waals surface area (Å²) in [6, 6.07) is 7.07. The summed E-state index contributed by atoms with van der Waals surface area (Å²) in [5, 5.41) is 13.6. The van der Waals surface area contributed by atoms with Gasteiger partial charge in [-0.2, -0.15) is 0 Å². The Morgan fingerprint density at radius 1 is 1.19 bits per heavy atom. The third-order valence-corrected chi connectivity index (χ3v) is 5.76. The van der Waals surface area contributed by atoms with Gasteiger partial charge in [0.25, 0.3) is 5.69 Å². The van der Waals surface area contributed by atoms with Gasteiger partial charge in [0.2, 0.25) is 15.9 Å². The summed E-state index contributed by atoms with van der Waals surface area (Å²) in [5.41, 5.74) is 0.000130. The number of nitro benzene ring substituents is 1. The maximum atomic E-state index is 12.9. The van der Waals surface area contributed by atoms with Crippen molar-refractivity contribution in [2.75, 3.05) is 36.2 Å². The summed E-state index contributed by atoms with van der Waals surface area (Å²) >= 11 is 0. The number of anilines is 2. The Kier molecular flexibility index (Phi) is 6.20. The standard InChI is InChI=1S/C19H21N3O8S/c1-12(19(23)20-15-10-14(22(24)25)5-6-16(15)28-2)21(31(3,26)27)13-4-7-17-18(11-13)30-9-8-29-17/h4-7,10-12H,8-9H2,1-3H3,(H,20,23)/t12-/m1/s1. The van der Waals surface area contributed by atoms with Crippen LogP contribution < -0.4 is 23.8 Å². The van der Waals surface area contributed by atoms with Crippen molar-refractivity contribution in [3.63, 3.8) is 0 Å². The molecule has 1 aliphatic rings. The van der Waals surface area contributed by atoms with E-state index in [1.165, 1.54) is 38.3 Å². The van der Waals surface area contributed by atoms with Crippen LogP contribution in [0, 0.1) is 10.1 Å². The molecule has 0 saturated carbocycles. The van der Waals surface area contributed by atoms with Gasteiger partial charge in [-0.15, -0.1) is 0 Å². The fourth-order valence-electron chi connectivity index (χ4n) is 3.12. The number of nitro groups is 1. The average molecular weight is 451 g/mol. The number of nitrogens with one attached hydrogen (secondary N) is 1. The minimum Gasteiger partial charge on any atom is -0.495 e. The second kappa shape index (κ2) is 8.68. The van der Waals surface area contributed by atoms with Crippen LogP contribution in [-0.2, 0) is 14.8 Å². The van der Waals surface area contributed by atoms with E-state index >= 15 is 0 Å². The number of rotatable bonds is 7. The molecule has 0 bridgehead atoms. The van der Waals surface area contributed by atoms with Gasteiger partial charge in [0.05, 0.1) is 29.7 Å². The number of hydrogen-bond acceptors (Lipinski definition) is 8. The SMILES string of the molecule is COc1ccc([N+](=O)[O-])cc1NC(=O)[C@@H](C)N(c1ccc2c(c1)OCCO2)S(C)(=O)=O. The maximum Gasteiger partial charge on any atom is 0.271 e. The monoisotopic (exact) mass is 451 g/mol. The number of carbonyl (C=O) groups excluding carboxylic acids is 1. The molecule has 1 atom stereocenters. The quantitative estimate of drug-likeness (QED) is 0.499. The van der Waals surface area contributed by atoms with Crippen LogP contribution in [0.1, 0.15) is 6.92 Å². The number of non-ortho nitro benzene ring substituents is 1. The second-order valence-electron chi connectivity index (χ2n) is 6.69. The zero-order valence-electron chi connectivity index (χ0n) is 17.0. The predicted octanol–water partition coefficient (Wildman–Crippen LogP) is 2.17. The molecule has 0 radical (unpaired) electrons. The number of nitrogens with zero attached hydrogens (tertiary/aromatic N) is 2. The van der Waals surface area contributed by atoms with Crippen molar-refractivity contribution in [1.82, 2.24) is 0 Å². The highest BCUT2D eigenvalue weighted by molar-refractivity contribution is 7.92. The topological polar surface area (TPSA) is 137 Å². The van der Waals surface area contributed by atoms with Crippen LogP contribution in [0.3, 0.4) is 0 Å². The summed E-state index contributed by atoms with van der Waals surface area (Å²) in [4.78, 5) is 23.4. The third kappa shape index (κ3) is 4.79. The minimum absolute atomic E-state index is 0.0455. The molecule has 0 aromatic heterocycles. The van der Waals surface area contributed by atoms with Crippen molar-refractivity contribution in [2.45, 2.75) is 13.0 Å². The van der Waals surface area contributed by atoms with Crippen LogP contribution >= 0.6 is 0 Å². The fourth-order valence-corrected chi connectivity index (χ4v) is 4.29. The number of hydrogen-bond donors (Lipinski definition) is 1. The smallest absolute Gasteiger partial charge is 0.271 e. The van der Waals surface area contributed by atoms with Gasteiger partial charge in [-0.25, -0.2) is 8.42 Å². The lowest BCUT2D eigenvalue weighted by Gasteiger charge is -2.29. The van der Waals surface area contributed by atoms with Crippen LogP contribution in [0.5, 0.6) is 17.2 Å². The lowest BCUT2D eigenvalue weighted by molar-refractivity contribution is -0.384. The van der Waals surface area contributed by atoms with Crippen molar-refractivity contribution in [3.05, 3.63) is 46.5 Å². The molecule has 166 valence electrons. The van der Waals surface area contributed by atoms with Gasteiger partial charge in [-0.05, 0) is 25.1 Å². The Hall–Kier alpha value is -3.54. The van der Waals surface area contributed by atoms with E-state index < -0.39 is 26.9 Å². The lowest BCUT2D eigenvalue weighted by atomic mass is 10.2. The number of amides is 1. The van der Waals surface area contributed by atoms with Gasteiger partial charge in [0, 0.05) is 18.2 Å². The average Bonchev–Trinajstić information content (AvgIpc) is 2.72. The molecule has 12 heteroatoms. The molecule has 11 nitrogen and oxygen atoms in total. The Morgan fingerprint density at radius 2 is 1.87 bits per heavy atom. The summed E-state index contributed by atoms with van der Waals surface area (Å²) in [6.07, 6.45) is 0.974. The van der Waals surface area contributed by atoms with Gasteiger partial charge in [-0.3, -0.25) is 19.2 Å². The lowest BCUT2D eigenvalue weighted by Crippen LogP contribution is -2.45. The van der Waals surface area contributed by atoms with Crippen molar-refractivity contribution in [3.8, 4) is 17.2 Å². The highest BCUT2D eigenvalue weighted by atomic mass is 32.2. The first-order valence-corrected chi connectivity index (χ1v) is 11.0. The predicted molar refractivity (Wildman–Crippen MR) is 112 cm³/mol. The number of ether oxygens (including phenoxy) is 3. The van der Waals surface area contributed by atoms with E-state index in [4.69, 9.17) is 14.2 Å². The fraction of sp³-hybridized carbons (Fsp3) is 0.316. The molecule has 1 N–H and O–H groups in total. The molecule has 0 spiro atoms. The number of methoxy groups -OCH3 is 1. The van der Waals surface area contributed by atoms with Gasteiger partial charge >= 0.3 is 0 Å². The van der Waals surface area contributed by atoms with E-state index in [2.05, 4.69) is 5.32 Å². The van der Waals surface area contributed by atoms with Gasteiger partial charge in [0.15, 0.2) is 11.5 Å². The first kappa shape index (κ1) is 22.2. The number of benzene rings is 2. The molecule has 0 unspecified atom stereocenters. The van der Waals surface area contributed by atoms with Crippen LogP contribution in [0.15, 0.2) is 36.4 Å². The molecule has 0 aliphatic carbocycles. The maximum absolute atomic E-state index is 12.9. The molecule has 2 aromatic rings. The molecule has 31 heavy (non-hydrogen) atoms. The summed E-state index contributed by atoms with van der Waals surface area (Å²) < 4.78 is 42.1. The van der Waals surface area contributed by atoms with Gasteiger partial charge in [0.1, 0.15) is 25.0 Å². The zero-order valence-corrected chi connectivity index (χ0v) is 17.8. The highest BCUT2D eigenvalue weighted by Gasteiger charge is 2.31. The van der Waals surface area contributed by atoms with E-state index in [1.54, 1.807) is 6.07 Å². The molecule has 1 aliphatic heterocycles. The van der Waals surface area contributed by atoms with E-state index in [9.17, 15) is 23.3 Å². The second-order valence-corrected chi connectivity index (χ2v) is 8.55. The third-order valence-electron chi connectivity index (χ3n) is 4.52. The molecule has 3 rings (SSSR count). The zero-order chi connectivity index (χ0) is 22.8. The van der Waals surface area contributed by atoms with Crippen LogP contribution in [0.25, 0.3) is 0 Å². The normalized spacial score (nSPS) is 13.8. The van der Waals surface area contributed by atoms with Crippen LogP contribution in [-0.4, -0.2) is 51.9 Å². The van der Waals surface area contributed by atoms with E-state index in [1.807, 2.05) is 0 Å². The minimum atomic E-state index is -3.88. The van der Waals surface area contributed by atoms with Crippen molar-refractivity contribution in [1.29, 1.82) is 0 Å². The number of carbonyl (C=O) groups is 1.